The van der Waals surface area contributed by atoms with Crippen molar-refractivity contribution in [1.29, 1.82) is 0 Å². The lowest BCUT2D eigenvalue weighted by molar-refractivity contribution is -0.136. The van der Waals surface area contributed by atoms with Gasteiger partial charge in [0.1, 0.15) is 0 Å². The molecule has 0 bridgehead atoms. The lowest BCUT2D eigenvalue weighted by atomic mass is 10.1. The second-order valence-electron chi connectivity index (χ2n) is 4.30. The zero-order chi connectivity index (χ0) is 15.2. The van der Waals surface area contributed by atoms with Crippen LogP contribution < -0.4 is 5.32 Å². The molecule has 0 aliphatic heterocycles. The largest absolute Gasteiger partial charge is 0.481 e. The van der Waals surface area contributed by atoms with Crippen molar-refractivity contribution in [3.05, 3.63) is 46.5 Å². The zero-order valence-corrected chi connectivity index (χ0v) is 13.0. The highest BCUT2D eigenvalue weighted by atomic mass is 32.2. The van der Waals surface area contributed by atoms with E-state index in [1.165, 1.54) is 11.3 Å². The predicted octanol–water partition coefficient (Wildman–Crippen LogP) is 2.89. The Bertz CT molecular complexity index is 655. The van der Waals surface area contributed by atoms with Crippen molar-refractivity contribution < 1.29 is 14.7 Å². The fourth-order valence-corrected chi connectivity index (χ4v) is 2.96. The number of amides is 1. The highest BCUT2D eigenvalue weighted by molar-refractivity contribution is 7.97. The second kappa shape index (κ2) is 7.24. The first kappa shape index (κ1) is 15.5. The Hall–Kier alpha value is -1.86. The van der Waals surface area contributed by atoms with E-state index in [4.69, 9.17) is 5.11 Å². The van der Waals surface area contributed by atoms with Crippen molar-refractivity contribution in [2.45, 2.75) is 12.2 Å². The molecule has 0 radical (unpaired) electrons. The smallest absolute Gasteiger partial charge is 0.309 e. The standard InChI is InChI=1S/C14H14N2O3S2/c1-20-7-9-3-2-4-10(5-9)13(19)16-14-15-11(8-21-14)6-12(17)18/h2-5,8H,6-7H2,1H3,(H,17,18)(H,15,16,19). The minimum Gasteiger partial charge on any atom is -0.481 e. The predicted molar refractivity (Wildman–Crippen MR) is 85.1 cm³/mol. The van der Waals surface area contributed by atoms with Crippen molar-refractivity contribution in [1.82, 2.24) is 4.98 Å². The summed E-state index contributed by atoms with van der Waals surface area (Å²) in [6.07, 6.45) is 1.86. The number of carboxylic acid groups (broad SMARTS) is 1. The van der Waals surface area contributed by atoms with Gasteiger partial charge < -0.3 is 5.11 Å². The number of benzene rings is 1. The number of thiazole rings is 1. The van der Waals surface area contributed by atoms with Gasteiger partial charge >= 0.3 is 5.97 Å². The molecule has 1 aromatic heterocycles. The fourth-order valence-electron chi connectivity index (χ4n) is 1.74. The molecule has 1 amide bonds. The van der Waals surface area contributed by atoms with Crippen LogP contribution in [-0.4, -0.2) is 28.2 Å². The molecule has 2 aromatic rings. The van der Waals surface area contributed by atoms with Crippen LogP contribution >= 0.6 is 23.1 Å². The number of hydrogen-bond donors (Lipinski definition) is 2. The van der Waals surface area contributed by atoms with E-state index in [1.54, 1.807) is 23.2 Å². The van der Waals surface area contributed by atoms with Gasteiger partial charge in [-0.15, -0.1) is 11.3 Å². The normalized spacial score (nSPS) is 10.3. The SMILES string of the molecule is CSCc1cccc(C(=O)Nc2nc(CC(=O)O)cs2)c1. The van der Waals surface area contributed by atoms with Crippen LogP contribution in [0.25, 0.3) is 0 Å². The van der Waals surface area contributed by atoms with Crippen molar-refractivity contribution in [3.8, 4) is 0 Å². The molecule has 0 fully saturated rings. The van der Waals surface area contributed by atoms with E-state index in [0.717, 1.165) is 11.3 Å². The van der Waals surface area contributed by atoms with Gasteiger partial charge in [-0.25, -0.2) is 4.98 Å². The quantitative estimate of drug-likeness (QED) is 0.855. The van der Waals surface area contributed by atoms with E-state index in [-0.39, 0.29) is 12.3 Å². The first-order valence-electron chi connectivity index (χ1n) is 6.14. The summed E-state index contributed by atoms with van der Waals surface area (Å²) in [7, 11) is 0. The van der Waals surface area contributed by atoms with E-state index in [9.17, 15) is 9.59 Å². The van der Waals surface area contributed by atoms with E-state index < -0.39 is 5.97 Å². The highest BCUT2D eigenvalue weighted by Gasteiger charge is 2.11. The van der Waals surface area contributed by atoms with Crippen LogP contribution in [0.5, 0.6) is 0 Å². The number of nitrogens with zero attached hydrogens (tertiary/aromatic N) is 1. The molecule has 0 spiro atoms. The van der Waals surface area contributed by atoms with Crippen molar-refractivity contribution in [2.24, 2.45) is 0 Å². The van der Waals surface area contributed by atoms with Gasteiger partial charge in [0.25, 0.3) is 5.91 Å². The topological polar surface area (TPSA) is 79.3 Å². The molecule has 5 nitrogen and oxygen atoms in total. The number of carbonyl (C=O) groups is 2. The maximum atomic E-state index is 12.1. The maximum Gasteiger partial charge on any atom is 0.309 e. The maximum absolute atomic E-state index is 12.1. The summed E-state index contributed by atoms with van der Waals surface area (Å²) in [6, 6.07) is 7.41. The van der Waals surface area contributed by atoms with Crippen LogP contribution in [-0.2, 0) is 17.0 Å². The number of carbonyl (C=O) groups excluding carboxylic acids is 1. The van der Waals surface area contributed by atoms with E-state index in [2.05, 4.69) is 10.3 Å². The first-order valence-corrected chi connectivity index (χ1v) is 8.41. The third-order valence-electron chi connectivity index (χ3n) is 2.60. The summed E-state index contributed by atoms with van der Waals surface area (Å²) >= 11 is 2.91. The molecule has 7 heteroatoms. The number of nitrogens with one attached hydrogen (secondary N) is 1. The Morgan fingerprint density at radius 1 is 1.43 bits per heavy atom. The van der Waals surface area contributed by atoms with E-state index >= 15 is 0 Å². The Morgan fingerprint density at radius 3 is 2.95 bits per heavy atom. The average Bonchev–Trinajstić information content (AvgIpc) is 2.86. The van der Waals surface area contributed by atoms with Crippen LogP contribution in [0.4, 0.5) is 5.13 Å². The first-order chi connectivity index (χ1) is 10.1. The summed E-state index contributed by atoms with van der Waals surface area (Å²) in [6.45, 7) is 0. The fraction of sp³-hybridized carbons (Fsp3) is 0.214. The van der Waals surface area contributed by atoms with Crippen LogP contribution in [0.1, 0.15) is 21.6 Å². The van der Waals surface area contributed by atoms with Crippen LogP contribution in [0, 0.1) is 0 Å². The molecule has 0 aliphatic rings. The lowest BCUT2D eigenvalue weighted by Gasteiger charge is -2.04. The van der Waals surface area contributed by atoms with Gasteiger partial charge in [0.05, 0.1) is 12.1 Å². The molecule has 1 aromatic carbocycles. The molecule has 110 valence electrons. The minimum atomic E-state index is -0.942. The third kappa shape index (κ3) is 4.57. The van der Waals surface area contributed by atoms with Gasteiger partial charge in [0.2, 0.25) is 0 Å². The number of aliphatic carboxylic acids is 1. The van der Waals surface area contributed by atoms with Crippen molar-refractivity contribution in [2.75, 3.05) is 11.6 Å². The molecule has 2 N–H and O–H groups in total. The molecular formula is C14H14N2O3S2. The number of carboxylic acids is 1. The minimum absolute atomic E-state index is 0.143. The van der Waals surface area contributed by atoms with Gasteiger partial charge in [-0.1, -0.05) is 12.1 Å². The van der Waals surface area contributed by atoms with Gasteiger partial charge in [-0.05, 0) is 24.0 Å². The molecule has 0 saturated heterocycles. The van der Waals surface area contributed by atoms with Gasteiger partial charge in [0, 0.05) is 16.7 Å². The monoisotopic (exact) mass is 322 g/mol. The lowest BCUT2D eigenvalue weighted by Crippen LogP contribution is -2.12. The average molecular weight is 322 g/mol. The highest BCUT2D eigenvalue weighted by Crippen LogP contribution is 2.18. The Morgan fingerprint density at radius 2 is 2.24 bits per heavy atom. The zero-order valence-electron chi connectivity index (χ0n) is 11.3. The number of rotatable bonds is 6. The van der Waals surface area contributed by atoms with Crippen LogP contribution in [0.3, 0.4) is 0 Å². The summed E-state index contributed by atoms with van der Waals surface area (Å²) in [5.74, 6) is -0.335. The Labute approximate surface area is 130 Å². The van der Waals surface area contributed by atoms with Crippen LogP contribution in [0.15, 0.2) is 29.6 Å². The molecule has 0 saturated carbocycles. The number of hydrogen-bond acceptors (Lipinski definition) is 5. The molecule has 1 heterocycles. The summed E-state index contributed by atoms with van der Waals surface area (Å²) in [5, 5.41) is 13.4. The molecule has 21 heavy (non-hydrogen) atoms. The third-order valence-corrected chi connectivity index (χ3v) is 4.03. The number of aromatic nitrogens is 1. The molecule has 0 unspecified atom stereocenters. The summed E-state index contributed by atoms with van der Waals surface area (Å²) in [5.41, 5.74) is 2.09. The Kier molecular flexibility index (Phi) is 5.35. The van der Waals surface area contributed by atoms with E-state index in [1.807, 2.05) is 24.5 Å². The van der Waals surface area contributed by atoms with Gasteiger partial charge in [0.15, 0.2) is 5.13 Å². The van der Waals surface area contributed by atoms with Crippen molar-refractivity contribution in [3.63, 3.8) is 0 Å². The summed E-state index contributed by atoms with van der Waals surface area (Å²) < 4.78 is 0. The molecule has 0 atom stereocenters. The molecule has 2 rings (SSSR count). The molecular weight excluding hydrogens is 308 g/mol. The molecule has 0 aliphatic carbocycles. The second-order valence-corrected chi connectivity index (χ2v) is 6.03. The van der Waals surface area contributed by atoms with Gasteiger partial charge in [-0.3, -0.25) is 14.9 Å². The van der Waals surface area contributed by atoms with Crippen LogP contribution in [0.2, 0.25) is 0 Å². The van der Waals surface area contributed by atoms with Crippen molar-refractivity contribution >= 4 is 40.1 Å². The Balaban J connectivity index is 2.05. The van der Waals surface area contributed by atoms with E-state index in [0.29, 0.717) is 16.4 Å². The van der Waals surface area contributed by atoms with Gasteiger partial charge in [-0.2, -0.15) is 11.8 Å². The number of thioether (sulfide) groups is 1. The summed E-state index contributed by atoms with van der Waals surface area (Å²) in [4.78, 5) is 26.8. The number of anilines is 1.